The van der Waals surface area contributed by atoms with Crippen LogP contribution in [-0.2, 0) is 0 Å². The van der Waals surface area contributed by atoms with E-state index in [1.54, 1.807) is 12.4 Å². The fourth-order valence-corrected chi connectivity index (χ4v) is 1.45. The standard InChI is InChI=1S/C12H15N3O2/c1-8(6-16)7-17-12-14-9(2)10-3-4-13-5-11(10)15-12/h3-5,8,16H,6-7H2,1-2H3. The van der Waals surface area contributed by atoms with E-state index in [0.717, 1.165) is 16.6 Å². The summed E-state index contributed by atoms with van der Waals surface area (Å²) in [6.45, 7) is 4.30. The van der Waals surface area contributed by atoms with E-state index in [2.05, 4.69) is 15.0 Å². The molecule has 2 rings (SSSR count). The molecule has 5 nitrogen and oxygen atoms in total. The van der Waals surface area contributed by atoms with E-state index in [1.165, 1.54) is 0 Å². The fourth-order valence-electron chi connectivity index (χ4n) is 1.45. The highest BCUT2D eigenvalue weighted by molar-refractivity contribution is 5.79. The van der Waals surface area contributed by atoms with Crippen LogP contribution < -0.4 is 4.74 Å². The topological polar surface area (TPSA) is 68.1 Å². The molecule has 2 heterocycles. The molecule has 0 aliphatic rings. The Labute approximate surface area is 99.5 Å². The molecule has 0 saturated carbocycles. The van der Waals surface area contributed by atoms with Crippen molar-refractivity contribution >= 4 is 10.9 Å². The van der Waals surface area contributed by atoms with Crippen molar-refractivity contribution < 1.29 is 9.84 Å². The van der Waals surface area contributed by atoms with Crippen molar-refractivity contribution in [2.24, 2.45) is 5.92 Å². The Morgan fingerprint density at radius 2 is 2.24 bits per heavy atom. The van der Waals surface area contributed by atoms with Gasteiger partial charge in [-0.2, -0.15) is 9.97 Å². The van der Waals surface area contributed by atoms with E-state index in [0.29, 0.717) is 12.6 Å². The first-order valence-corrected chi connectivity index (χ1v) is 5.52. The molecule has 0 amide bonds. The van der Waals surface area contributed by atoms with Gasteiger partial charge in [0.15, 0.2) is 0 Å². The Morgan fingerprint density at radius 3 is 3.00 bits per heavy atom. The van der Waals surface area contributed by atoms with E-state index in [9.17, 15) is 0 Å². The Kier molecular flexibility index (Phi) is 3.49. The first kappa shape index (κ1) is 11.7. The van der Waals surface area contributed by atoms with Gasteiger partial charge in [0.2, 0.25) is 0 Å². The molecular formula is C12H15N3O2. The number of hydrogen-bond donors (Lipinski definition) is 1. The van der Waals surface area contributed by atoms with Gasteiger partial charge in [-0.3, -0.25) is 4.98 Å². The SMILES string of the molecule is Cc1nc(OCC(C)CO)nc2cnccc12. The molecule has 0 bridgehead atoms. The summed E-state index contributed by atoms with van der Waals surface area (Å²) in [4.78, 5) is 12.6. The summed E-state index contributed by atoms with van der Waals surface area (Å²) in [5.41, 5.74) is 1.63. The first-order chi connectivity index (χ1) is 8.20. The fraction of sp³-hybridized carbons (Fsp3) is 0.417. The van der Waals surface area contributed by atoms with Crippen LogP contribution in [0.3, 0.4) is 0 Å². The molecular weight excluding hydrogens is 218 g/mol. The lowest BCUT2D eigenvalue weighted by Crippen LogP contribution is -2.13. The molecule has 0 aromatic carbocycles. The van der Waals surface area contributed by atoms with Crippen LogP contribution in [0.25, 0.3) is 10.9 Å². The predicted molar refractivity (Wildman–Crippen MR) is 63.8 cm³/mol. The van der Waals surface area contributed by atoms with Gasteiger partial charge in [0, 0.05) is 24.1 Å². The van der Waals surface area contributed by atoms with Crippen LogP contribution in [0.2, 0.25) is 0 Å². The minimum atomic E-state index is 0.0727. The van der Waals surface area contributed by atoms with Crippen LogP contribution in [-0.4, -0.2) is 33.3 Å². The molecule has 5 heteroatoms. The quantitative estimate of drug-likeness (QED) is 0.863. The first-order valence-electron chi connectivity index (χ1n) is 5.52. The monoisotopic (exact) mass is 233 g/mol. The van der Waals surface area contributed by atoms with Gasteiger partial charge in [0.05, 0.1) is 24.0 Å². The van der Waals surface area contributed by atoms with Crippen LogP contribution in [0, 0.1) is 12.8 Å². The van der Waals surface area contributed by atoms with E-state index in [1.807, 2.05) is 19.9 Å². The van der Waals surface area contributed by atoms with Gasteiger partial charge in [0.1, 0.15) is 0 Å². The van der Waals surface area contributed by atoms with Gasteiger partial charge in [0.25, 0.3) is 0 Å². The lowest BCUT2D eigenvalue weighted by atomic mass is 10.2. The van der Waals surface area contributed by atoms with Gasteiger partial charge in [-0.25, -0.2) is 0 Å². The average Bonchev–Trinajstić information content (AvgIpc) is 2.36. The normalized spacial score (nSPS) is 12.6. The molecule has 17 heavy (non-hydrogen) atoms. The van der Waals surface area contributed by atoms with Crippen molar-refractivity contribution in [2.75, 3.05) is 13.2 Å². The summed E-state index contributed by atoms with van der Waals surface area (Å²) in [6.07, 6.45) is 3.40. The van der Waals surface area contributed by atoms with Gasteiger partial charge in [-0.1, -0.05) is 6.92 Å². The summed E-state index contributed by atoms with van der Waals surface area (Å²) in [5.74, 6) is 0.0727. The van der Waals surface area contributed by atoms with Gasteiger partial charge in [-0.15, -0.1) is 0 Å². The molecule has 0 fully saturated rings. The summed E-state index contributed by atoms with van der Waals surface area (Å²) in [6, 6.07) is 2.22. The lowest BCUT2D eigenvalue weighted by molar-refractivity contribution is 0.167. The maximum atomic E-state index is 8.91. The molecule has 2 aromatic rings. The number of aromatic nitrogens is 3. The van der Waals surface area contributed by atoms with Crippen LogP contribution >= 0.6 is 0 Å². The van der Waals surface area contributed by atoms with Crippen molar-refractivity contribution in [3.8, 4) is 6.01 Å². The zero-order valence-electron chi connectivity index (χ0n) is 9.92. The summed E-state index contributed by atoms with van der Waals surface area (Å²) in [7, 11) is 0. The largest absolute Gasteiger partial charge is 0.463 e. The molecule has 0 aliphatic carbocycles. The van der Waals surface area contributed by atoms with Crippen LogP contribution in [0.4, 0.5) is 0 Å². The Hall–Kier alpha value is -1.75. The number of aliphatic hydroxyl groups is 1. The summed E-state index contributed by atoms with van der Waals surface area (Å²) >= 11 is 0. The van der Waals surface area contributed by atoms with Gasteiger partial charge < -0.3 is 9.84 Å². The van der Waals surface area contributed by atoms with Crippen LogP contribution in [0.15, 0.2) is 18.5 Å². The maximum Gasteiger partial charge on any atom is 0.317 e. The molecule has 2 aromatic heterocycles. The Balaban J connectivity index is 2.24. The minimum Gasteiger partial charge on any atom is -0.463 e. The Morgan fingerprint density at radius 1 is 1.41 bits per heavy atom. The number of ether oxygens (including phenoxy) is 1. The third-order valence-corrected chi connectivity index (χ3v) is 2.48. The third-order valence-electron chi connectivity index (χ3n) is 2.48. The third kappa shape index (κ3) is 2.68. The lowest BCUT2D eigenvalue weighted by Gasteiger charge is -2.10. The highest BCUT2D eigenvalue weighted by Crippen LogP contribution is 2.16. The van der Waals surface area contributed by atoms with Crippen LogP contribution in [0.5, 0.6) is 6.01 Å². The van der Waals surface area contributed by atoms with Gasteiger partial charge >= 0.3 is 6.01 Å². The second-order valence-corrected chi connectivity index (χ2v) is 4.08. The minimum absolute atomic E-state index is 0.0727. The molecule has 1 atom stereocenters. The number of rotatable bonds is 4. The summed E-state index contributed by atoms with van der Waals surface area (Å²) in [5, 5.41) is 9.88. The molecule has 0 saturated heterocycles. The number of pyridine rings is 1. The Bertz CT molecular complexity index is 516. The zero-order valence-corrected chi connectivity index (χ0v) is 9.92. The van der Waals surface area contributed by atoms with Crippen molar-refractivity contribution in [3.63, 3.8) is 0 Å². The van der Waals surface area contributed by atoms with Gasteiger partial charge in [-0.05, 0) is 13.0 Å². The van der Waals surface area contributed by atoms with Crippen LogP contribution in [0.1, 0.15) is 12.6 Å². The van der Waals surface area contributed by atoms with E-state index >= 15 is 0 Å². The molecule has 1 N–H and O–H groups in total. The second-order valence-electron chi connectivity index (χ2n) is 4.08. The van der Waals surface area contributed by atoms with E-state index < -0.39 is 0 Å². The maximum absolute atomic E-state index is 8.91. The second kappa shape index (κ2) is 5.05. The highest BCUT2D eigenvalue weighted by atomic mass is 16.5. The predicted octanol–water partition coefficient (Wildman–Crippen LogP) is 1.34. The van der Waals surface area contributed by atoms with Crippen molar-refractivity contribution in [1.29, 1.82) is 0 Å². The molecule has 90 valence electrons. The number of hydrogen-bond acceptors (Lipinski definition) is 5. The van der Waals surface area contributed by atoms with Crippen molar-refractivity contribution in [1.82, 2.24) is 15.0 Å². The highest BCUT2D eigenvalue weighted by Gasteiger charge is 2.07. The van der Waals surface area contributed by atoms with Crippen molar-refractivity contribution in [2.45, 2.75) is 13.8 Å². The molecule has 0 spiro atoms. The number of nitrogens with zero attached hydrogens (tertiary/aromatic N) is 3. The smallest absolute Gasteiger partial charge is 0.317 e. The number of aliphatic hydroxyl groups excluding tert-OH is 1. The molecule has 1 unspecified atom stereocenters. The van der Waals surface area contributed by atoms with Crippen molar-refractivity contribution in [3.05, 3.63) is 24.2 Å². The van der Waals surface area contributed by atoms with E-state index in [-0.39, 0.29) is 12.5 Å². The van der Waals surface area contributed by atoms with E-state index in [4.69, 9.17) is 9.84 Å². The number of fused-ring (bicyclic) bond motifs is 1. The summed E-state index contributed by atoms with van der Waals surface area (Å²) < 4.78 is 5.44. The molecule has 0 aliphatic heterocycles. The average molecular weight is 233 g/mol. The zero-order chi connectivity index (χ0) is 12.3. The molecule has 0 radical (unpaired) electrons. The number of aryl methyl sites for hydroxylation is 1.